The molecule has 2 rings (SSSR count). The molecular weight excluding hydrogens is 350 g/mol. The first-order chi connectivity index (χ1) is 11.4. The summed E-state index contributed by atoms with van der Waals surface area (Å²) < 4.78 is 5.22. The van der Waals surface area contributed by atoms with Crippen molar-refractivity contribution in [2.75, 3.05) is 19.0 Å². The number of nitrogens with zero attached hydrogens (tertiary/aromatic N) is 1. The van der Waals surface area contributed by atoms with Gasteiger partial charge in [-0.1, -0.05) is 29.4 Å². The largest absolute Gasteiger partial charge is 0.495 e. The van der Waals surface area contributed by atoms with Gasteiger partial charge in [-0.15, -0.1) is 6.58 Å². The molecule has 6 nitrogen and oxygen atoms in total. The van der Waals surface area contributed by atoms with Crippen LogP contribution in [0.4, 0.5) is 5.69 Å². The van der Waals surface area contributed by atoms with Crippen LogP contribution in [-0.2, 0) is 9.59 Å². The highest BCUT2D eigenvalue weighted by Gasteiger charge is 2.32. The van der Waals surface area contributed by atoms with E-state index in [1.54, 1.807) is 18.2 Å². The van der Waals surface area contributed by atoms with E-state index in [0.29, 0.717) is 28.2 Å². The number of thioether (sulfide) groups is 1. The second kappa shape index (κ2) is 8.21. The molecule has 2 N–H and O–H groups in total. The third-order valence-corrected chi connectivity index (χ3v) is 4.79. The number of rotatable bonds is 6. The van der Waals surface area contributed by atoms with Gasteiger partial charge in [0.05, 0.1) is 19.3 Å². The molecule has 1 aliphatic rings. The number of hydrogen-bond donors (Lipinski definition) is 2. The first kappa shape index (κ1) is 18.4. The molecule has 24 heavy (non-hydrogen) atoms. The van der Waals surface area contributed by atoms with Gasteiger partial charge in [-0.3, -0.25) is 14.6 Å². The number of carbonyl (C=O) groups excluding carboxylic acids is 2. The zero-order valence-corrected chi connectivity index (χ0v) is 15.0. The smallest absolute Gasteiger partial charge is 0.240 e. The first-order valence-corrected chi connectivity index (χ1v) is 8.47. The fourth-order valence-electron chi connectivity index (χ4n) is 2.06. The lowest BCUT2D eigenvalue weighted by Crippen LogP contribution is -2.28. The number of amidine groups is 1. The quantitative estimate of drug-likeness (QED) is 0.758. The monoisotopic (exact) mass is 367 g/mol. The zero-order valence-electron chi connectivity index (χ0n) is 13.4. The molecule has 0 aliphatic carbocycles. The van der Waals surface area contributed by atoms with Crippen LogP contribution in [0.2, 0.25) is 5.02 Å². The molecule has 1 unspecified atom stereocenters. The maximum atomic E-state index is 12.3. The Morgan fingerprint density at radius 2 is 2.33 bits per heavy atom. The molecule has 2 amide bonds. The highest BCUT2D eigenvalue weighted by molar-refractivity contribution is 8.15. The number of amides is 2. The summed E-state index contributed by atoms with van der Waals surface area (Å²) >= 11 is 7.29. The number of benzene rings is 1. The van der Waals surface area contributed by atoms with Gasteiger partial charge in [-0.2, -0.15) is 0 Å². The van der Waals surface area contributed by atoms with Gasteiger partial charge in [0.25, 0.3) is 0 Å². The van der Waals surface area contributed by atoms with E-state index in [1.807, 2.05) is 6.92 Å². The highest BCUT2D eigenvalue weighted by Crippen LogP contribution is 2.31. The van der Waals surface area contributed by atoms with E-state index < -0.39 is 5.25 Å². The molecule has 1 aromatic carbocycles. The van der Waals surface area contributed by atoms with Gasteiger partial charge in [-0.25, -0.2) is 0 Å². The summed E-state index contributed by atoms with van der Waals surface area (Å²) in [6, 6.07) is 3.38. The van der Waals surface area contributed by atoms with Crippen LogP contribution in [0, 0.1) is 6.92 Å². The SMILES string of the molecule is C=CCN=C1NC(=O)C(CC(=O)Nc2cc(C)c(Cl)cc2OC)S1. The van der Waals surface area contributed by atoms with E-state index in [0.717, 1.165) is 5.56 Å². The minimum atomic E-state index is -0.507. The van der Waals surface area contributed by atoms with Crippen LogP contribution >= 0.6 is 23.4 Å². The Balaban J connectivity index is 2.03. The van der Waals surface area contributed by atoms with Gasteiger partial charge in [0.1, 0.15) is 11.0 Å². The van der Waals surface area contributed by atoms with Crippen LogP contribution < -0.4 is 15.4 Å². The molecule has 1 atom stereocenters. The molecule has 0 radical (unpaired) electrons. The average Bonchev–Trinajstić information content (AvgIpc) is 2.88. The first-order valence-electron chi connectivity index (χ1n) is 7.21. The predicted molar refractivity (Wildman–Crippen MR) is 98.0 cm³/mol. The van der Waals surface area contributed by atoms with Crippen LogP contribution in [-0.4, -0.2) is 35.9 Å². The summed E-state index contributed by atoms with van der Waals surface area (Å²) in [4.78, 5) is 28.3. The van der Waals surface area contributed by atoms with Crippen molar-refractivity contribution in [3.63, 3.8) is 0 Å². The molecule has 1 aromatic rings. The maximum Gasteiger partial charge on any atom is 0.240 e. The zero-order chi connectivity index (χ0) is 17.7. The second-order valence-electron chi connectivity index (χ2n) is 5.08. The third kappa shape index (κ3) is 4.52. The lowest BCUT2D eigenvalue weighted by molar-refractivity contribution is -0.122. The summed E-state index contributed by atoms with van der Waals surface area (Å²) in [5.74, 6) is -0.0411. The Labute approximate surface area is 149 Å². The number of nitrogens with one attached hydrogen (secondary N) is 2. The Bertz CT molecular complexity index is 706. The number of carbonyl (C=O) groups is 2. The van der Waals surface area contributed by atoms with E-state index in [1.165, 1.54) is 18.9 Å². The number of hydrogen-bond acceptors (Lipinski definition) is 5. The molecule has 1 fully saturated rings. The van der Waals surface area contributed by atoms with Crippen molar-refractivity contribution in [3.05, 3.63) is 35.4 Å². The number of halogens is 1. The van der Waals surface area contributed by atoms with Crippen LogP contribution in [0.3, 0.4) is 0 Å². The number of ether oxygens (including phenoxy) is 1. The lowest BCUT2D eigenvalue weighted by atomic mass is 10.2. The van der Waals surface area contributed by atoms with E-state index in [2.05, 4.69) is 22.2 Å². The summed E-state index contributed by atoms with van der Waals surface area (Å²) in [6.45, 7) is 5.82. The van der Waals surface area contributed by atoms with E-state index >= 15 is 0 Å². The molecular formula is C16H18ClN3O3S. The van der Waals surface area contributed by atoms with Crippen molar-refractivity contribution >= 4 is 46.0 Å². The van der Waals surface area contributed by atoms with Gasteiger partial charge in [0, 0.05) is 17.5 Å². The molecule has 0 spiro atoms. The fraction of sp³-hybridized carbons (Fsp3) is 0.312. The van der Waals surface area contributed by atoms with Crippen LogP contribution in [0.5, 0.6) is 5.75 Å². The topological polar surface area (TPSA) is 79.8 Å². The van der Waals surface area contributed by atoms with Gasteiger partial charge in [-0.05, 0) is 18.6 Å². The van der Waals surface area contributed by atoms with Crippen LogP contribution in [0.1, 0.15) is 12.0 Å². The Morgan fingerprint density at radius 3 is 3.00 bits per heavy atom. The van der Waals surface area contributed by atoms with Crippen molar-refractivity contribution < 1.29 is 14.3 Å². The number of aliphatic imine (C=N–C) groups is 1. The number of aryl methyl sites for hydroxylation is 1. The minimum absolute atomic E-state index is 0.0361. The minimum Gasteiger partial charge on any atom is -0.495 e. The van der Waals surface area contributed by atoms with E-state index in [-0.39, 0.29) is 18.2 Å². The highest BCUT2D eigenvalue weighted by atomic mass is 35.5. The number of anilines is 1. The van der Waals surface area contributed by atoms with Crippen LogP contribution in [0.15, 0.2) is 29.8 Å². The van der Waals surface area contributed by atoms with Crippen LogP contribution in [0.25, 0.3) is 0 Å². The van der Waals surface area contributed by atoms with Crippen molar-refractivity contribution in [1.82, 2.24) is 5.32 Å². The summed E-state index contributed by atoms with van der Waals surface area (Å²) in [5, 5.41) is 5.97. The van der Waals surface area contributed by atoms with Crippen molar-refractivity contribution in [3.8, 4) is 5.75 Å². The molecule has 0 bridgehead atoms. The molecule has 1 heterocycles. The molecule has 0 saturated carbocycles. The Kier molecular flexibility index (Phi) is 6.28. The third-order valence-electron chi connectivity index (χ3n) is 3.27. The maximum absolute atomic E-state index is 12.3. The normalized spacial score (nSPS) is 18.4. The standard InChI is InChI=1S/C16H18ClN3O3S/c1-4-5-18-16-20-15(22)13(24-16)8-14(21)19-11-6-9(2)10(17)7-12(11)23-3/h4,6-7,13H,1,5,8H2,2-3H3,(H,19,21)(H,18,20,22). The molecule has 0 aromatic heterocycles. The summed E-state index contributed by atoms with van der Waals surface area (Å²) in [7, 11) is 1.50. The average molecular weight is 368 g/mol. The van der Waals surface area contributed by atoms with E-state index in [9.17, 15) is 9.59 Å². The van der Waals surface area contributed by atoms with Gasteiger partial charge in [0.2, 0.25) is 11.8 Å². The molecule has 8 heteroatoms. The summed E-state index contributed by atoms with van der Waals surface area (Å²) in [5.41, 5.74) is 1.34. The van der Waals surface area contributed by atoms with Crippen molar-refractivity contribution in [1.29, 1.82) is 0 Å². The second-order valence-corrected chi connectivity index (χ2v) is 6.68. The predicted octanol–water partition coefficient (Wildman–Crippen LogP) is 2.76. The van der Waals surface area contributed by atoms with Gasteiger partial charge >= 0.3 is 0 Å². The molecule has 1 aliphatic heterocycles. The van der Waals surface area contributed by atoms with Crippen molar-refractivity contribution in [2.24, 2.45) is 4.99 Å². The lowest BCUT2D eigenvalue weighted by Gasteiger charge is -2.13. The van der Waals surface area contributed by atoms with E-state index in [4.69, 9.17) is 16.3 Å². The fourth-order valence-corrected chi connectivity index (χ4v) is 3.19. The Hall–Kier alpha value is -1.99. The Morgan fingerprint density at radius 1 is 1.58 bits per heavy atom. The molecule has 128 valence electrons. The number of methoxy groups -OCH3 is 1. The molecule has 1 saturated heterocycles. The summed E-state index contributed by atoms with van der Waals surface area (Å²) in [6.07, 6.45) is 1.67. The van der Waals surface area contributed by atoms with Gasteiger partial charge < -0.3 is 15.4 Å². The van der Waals surface area contributed by atoms with Gasteiger partial charge in [0.15, 0.2) is 5.17 Å². The van der Waals surface area contributed by atoms with Crippen molar-refractivity contribution in [2.45, 2.75) is 18.6 Å².